The van der Waals surface area contributed by atoms with Crippen LogP contribution in [0.1, 0.15) is 0 Å². The molecule has 0 aliphatic rings. The summed E-state index contributed by atoms with van der Waals surface area (Å²) in [5.41, 5.74) is 0. The largest absolute Gasteiger partial charge is 0.153 e. The molecule has 0 aliphatic heterocycles. The molecule has 0 aromatic heterocycles. The maximum absolute atomic E-state index is 0. The quantitative estimate of drug-likeness (QED) is 0.417. The van der Waals surface area contributed by atoms with Crippen molar-refractivity contribution in [1.29, 1.82) is 0 Å². The van der Waals surface area contributed by atoms with Gasteiger partial charge in [-0.15, -0.1) is 71.9 Å². The molecular weight excluding hydrogens is 412 g/mol. The van der Waals surface area contributed by atoms with E-state index in [2.05, 4.69) is 0 Å². The average molecular weight is 418 g/mol. The Hall–Kier alpha value is 2.62. The molecule has 0 saturated carbocycles. The predicted molar refractivity (Wildman–Crippen MR) is 57.4 cm³/mol. The average Bonchev–Trinajstić information content (AvgIpc) is 0. The maximum atomic E-state index is 0. The van der Waals surface area contributed by atoms with E-state index in [0.29, 0.717) is 0 Å². The van der Waals surface area contributed by atoms with Crippen molar-refractivity contribution in [1.82, 2.24) is 0 Å². The van der Waals surface area contributed by atoms with Gasteiger partial charge in [-0.25, -0.2) is 0 Å². The fourth-order valence-corrected chi connectivity index (χ4v) is 0. The summed E-state index contributed by atoms with van der Waals surface area (Å²) < 4.78 is 0. The lowest BCUT2D eigenvalue weighted by atomic mass is 31.0. The van der Waals surface area contributed by atoms with E-state index in [4.69, 9.17) is 0 Å². The molecular formula is H6I3P. The molecule has 0 saturated heterocycles. The molecule has 0 N–H and O–H groups in total. The van der Waals surface area contributed by atoms with Crippen molar-refractivity contribution in [3.05, 3.63) is 0 Å². The van der Waals surface area contributed by atoms with Gasteiger partial charge in [0, 0.05) is 0 Å². The lowest BCUT2D eigenvalue weighted by Gasteiger charge is -0.153. The minimum Gasteiger partial charge on any atom is -0.153 e. The zero-order valence-corrected chi connectivity index (χ0v) is 10.3. The van der Waals surface area contributed by atoms with Gasteiger partial charge in [0.2, 0.25) is 0 Å². The van der Waals surface area contributed by atoms with Crippen molar-refractivity contribution >= 4 is 81.8 Å². The second kappa shape index (κ2) is 17.5. The van der Waals surface area contributed by atoms with Crippen molar-refractivity contribution in [3.63, 3.8) is 0 Å². The standard InChI is InChI=1S/3HI.H3P/h3*1H;1H3. The molecule has 0 amide bonds. The van der Waals surface area contributed by atoms with Crippen LogP contribution in [0.15, 0.2) is 0 Å². The van der Waals surface area contributed by atoms with Crippen LogP contribution in [0.3, 0.4) is 0 Å². The molecule has 0 bridgehead atoms. The summed E-state index contributed by atoms with van der Waals surface area (Å²) in [6.45, 7) is 0. The zero-order chi connectivity index (χ0) is 0. The summed E-state index contributed by atoms with van der Waals surface area (Å²) in [5.74, 6) is 0. The summed E-state index contributed by atoms with van der Waals surface area (Å²) in [6, 6.07) is 0. The van der Waals surface area contributed by atoms with Gasteiger partial charge in [-0.2, -0.15) is 9.90 Å². The minimum absolute atomic E-state index is 0. The Labute approximate surface area is 80.6 Å². The number of halogens is 3. The van der Waals surface area contributed by atoms with E-state index in [0.717, 1.165) is 0 Å². The topological polar surface area (TPSA) is 0 Å². The molecule has 0 heterocycles. The van der Waals surface area contributed by atoms with E-state index < -0.39 is 0 Å². The SMILES string of the molecule is I.I.I.P. The fraction of sp³-hybridized carbons (Fsp3) is 0. The molecule has 0 aliphatic carbocycles. The van der Waals surface area contributed by atoms with E-state index >= 15 is 0 Å². The highest BCUT2D eigenvalue weighted by Crippen LogP contribution is 0.888. The fourth-order valence-electron chi connectivity index (χ4n) is 0. The predicted octanol–water partition coefficient (Wildman–Crippen LogP) is 1.91. The highest BCUT2D eigenvalue weighted by Gasteiger charge is -0.105. The van der Waals surface area contributed by atoms with Crippen LogP contribution in [-0.2, 0) is 0 Å². The molecule has 0 fully saturated rings. The van der Waals surface area contributed by atoms with Crippen molar-refractivity contribution in [2.45, 2.75) is 0 Å². The molecule has 1 atom stereocenters. The van der Waals surface area contributed by atoms with Gasteiger partial charge in [0.25, 0.3) is 0 Å². The lowest BCUT2D eigenvalue weighted by Crippen LogP contribution is 0.861. The maximum Gasteiger partial charge on any atom is -0.107 e. The van der Waals surface area contributed by atoms with Crippen molar-refractivity contribution < 1.29 is 0 Å². The van der Waals surface area contributed by atoms with Crippen LogP contribution in [0.2, 0.25) is 0 Å². The molecule has 4 heteroatoms. The highest BCUT2D eigenvalue weighted by molar-refractivity contribution is 14.0. The van der Waals surface area contributed by atoms with Crippen LogP contribution >= 0.6 is 81.8 Å². The molecule has 0 aromatic carbocycles. The first-order chi connectivity index (χ1) is 0. The molecule has 0 nitrogen and oxygen atoms in total. The van der Waals surface area contributed by atoms with E-state index in [1.54, 1.807) is 0 Å². The van der Waals surface area contributed by atoms with Gasteiger partial charge in [-0.3, -0.25) is 0 Å². The Morgan fingerprint density at radius 1 is 0.500 bits per heavy atom. The zero-order valence-electron chi connectivity index (χ0n) is 1.93. The summed E-state index contributed by atoms with van der Waals surface area (Å²) in [4.78, 5) is 0. The summed E-state index contributed by atoms with van der Waals surface area (Å²) in [6.07, 6.45) is 0. The number of rotatable bonds is 0. The summed E-state index contributed by atoms with van der Waals surface area (Å²) in [7, 11) is 0. The second-order valence-electron chi connectivity index (χ2n) is 0. The van der Waals surface area contributed by atoms with E-state index in [9.17, 15) is 0 Å². The Bertz CT molecular complexity index is 3.25. The number of hydrogen-bond donors (Lipinski definition) is 0. The third kappa shape index (κ3) is 8.82. The van der Waals surface area contributed by atoms with E-state index in [1.165, 1.54) is 0 Å². The van der Waals surface area contributed by atoms with Crippen LogP contribution < -0.4 is 0 Å². The van der Waals surface area contributed by atoms with Crippen molar-refractivity contribution in [2.24, 2.45) is 0 Å². The summed E-state index contributed by atoms with van der Waals surface area (Å²) >= 11 is 0. The molecule has 0 aromatic rings. The smallest absolute Gasteiger partial charge is 0.107 e. The van der Waals surface area contributed by atoms with Crippen LogP contribution in [0.25, 0.3) is 0 Å². The van der Waals surface area contributed by atoms with Gasteiger partial charge in [0.15, 0.2) is 0 Å². The van der Waals surface area contributed by atoms with Gasteiger partial charge in [-0.05, 0) is 0 Å². The van der Waals surface area contributed by atoms with Crippen molar-refractivity contribution in [3.8, 4) is 0 Å². The van der Waals surface area contributed by atoms with Crippen LogP contribution in [-0.4, -0.2) is 0 Å². The van der Waals surface area contributed by atoms with Gasteiger partial charge < -0.3 is 0 Å². The molecule has 32 valence electrons. The molecule has 0 radical (unpaired) electrons. The van der Waals surface area contributed by atoms with Crippen LogP contribution in [0.4, 0.5) is 0 Å². The molecule has 0 rings (SSSR count). The van der Waals surface area contributed by atoms with Gasteiger partial charge in [0.05, 0.1) is 0 Å². The Morgan fingerprint density at radius 3 is 0.500 bits per heavy atom. The Kier molecular flexibility index (Phi) is 133. The van der Waals surface area contributed by atoms with Crippen LogP contribution in [0, 0.1) is 0 Å². The minimum atomic E-state index is 0. The third-order valence-corrected chi connectivity index (χ3v) is 0. The van der Waals surface area contributed by atoms with Crippen LogP contribution in [0.5, 0.6) is 0 Å². The first-order valence-electron chi connectivity index (χ1n) is 0. The molecule has 1 unspecified atom stereocenters. The monoisotopic (exact) mass is 418 g/mol. The van der Waals surface area contributed by atoms with E-state index in [1.807, 2.05) is 0 Å². The second-order valence-corrected chi connectivity index (χ2v) is 0. The van der Waals surface area contributed by atoms with Gasteiger partial charge in [0.1, 0.15) is 0 Å². The highest BCUT2D eigenvalue weighted by atomic mass is 127. The normalized spacial score (nSPS) is 0. The first-order valence-corrected chi connectivity index (χ1v) is 0. The van der Waals surface area contributed by atoms with E-state index in [-0.39, 0.29) is 81.8 Å². The Balaban J connectivity index is 0. The first kappa shape index (κ1) is 30.5. The third-order valence-electron chi connectivity index (χ3n) is 0. The van der Waals surface area contributed by atoms with Crippen molar-refractivity contribution in [2.75, 3.05) is 0 Å². The molecule has 0 spiro atoms. The Morgan fingerprint density at radius 2 is 0.500 bits per heavy atom. The number of hydrogen-bond acceptors (Lipinski definition) is 0. The lowest BCUT2D eigenvalue weighted by molar-refractivity contribution is 6.92. The molecule has 4 heavy (non-hydrogen) atoms. The van der Waals surface area contributed by atoms with Gasteiger partial charge in [-0.1, -0.05) is 0 Å². The van der Waals surface area contributed by atoms with Gasteiger partial charge >= 0.3 is 0 Å². The summed E-state index contributed by atoms with van der Waals surface area (Å²) in [5, 5.41) is 0.